The molecular weight excluding hydrogens is 212 g/mol. The fraction of sp³-hybridized carbons (Fsp3) is 0.933. The summed E-state index contributed by atoms with van der Waals surface area (Å²) in [4.78, 5) is 11.6. The first-order chi connectivity index (χ1) is 7.63. The highest BCUT2D eigenvalue weighted by molar-refractivity contribution is 5.84. The fourth-order valence-corrected chi connectivity index (χ4v) is 1.42. The largest absolute Gasteiger partial charge is 0.374 e. The third-order valence-corrected chi connectivity index (χ3v) is 2.79. The molecule has 0 aliphatic heterocycles. The molecule has 0 fully saturated rings. The number of unbranched alkanes of at least 4 members (excludes halogenated alkanes) is 2. The van der Waals surface area contributed by atoms with Crippen LogP contribution in [0.2, 0.25) is 0 Å². The first-order valence-electron chi connectivity index (χ1n) is 6.74. The van der Waals surface area contributed by atoms with E-state index in [4.69, 9.17) is 4.74 Å². The van der Waals surface area contributed by atoms with Crippen molar-refractivity contribution in [2.24, 2.45) is 10.8 Å². The van der Waals surface area contributed by atoms with Crippen molar-refractivity contribution in [2.45, 2.75) is 67.2 Å². The van der Waals surface area contributed by atoms with Crippen LogP contribution in [0.15, 0.2) is 0 Å². The van der Waals surface area contributed by atoms with Gasteiger partial charge in [-0.05, 0) is 18.3 Å². The van der Waals surface area contributed by atoms with Gasteiger partial charge in [-0.25, -0.2) is 0 Å². The van der Waals surface area contributed by atoms with Gasteiger partial charge in [-0.1, -0.05) is 54.4 Å². The lowest BCUT2D eigenvalue weighted by Gasteiger charge is -2.18. The summed E-state index contributed by atoms with van der Waals surface area (Å²) in [6.45, 7) is 13.6. The standard InChI is InChI=1S/C15H30O2/c1-14(2,3)10-8-7-9-11-17-12-13(16)15(4,5)6/h7-12H2,1-6H3. The van der Waals surface area contributed by atoms with Crippen molar-refractivity contribution in [2.75, 3.05) is 13.2 Å². The number of carbonyl (C=O) groups is 1. The SMILES string of the molecule is CC(C)(C)CCCCCOCC(=O)C(C)(C)C. The van der Waals surface area contributed by atoms with E-state index >= 15 is 0 Å². The van der Waals surface area contributed by atoms with Crippen molar-refractivity contribution in [3.05, 3.63) is 0 Å². The van der Waals surface area contributed by atoms with E-state index < -0.39 is 0 Å². The molecule has 0 aromatic rings. The van der Waals surface area contributed by atoms with E-state index in [1.807, 2.05) is 20.8 Å². The number of Topliss-reactive ketones (excluding diaryl/α,β-unsaturated/α-hetero) is 1. The molecular formula is C15H30O2. The van der Waals surface area contributed by atoms with E-state index in [0.29, 0.717) is 12.0 Å². The van der Waals surface area contributed by atoms with Crippen LogP contribution in [0.5, 0.6) is 0 Å². The Morgan fingerprint density at radius 2 is 1.53 bits per heavy atom. The first-order valence-corrected chi connectivity index (χ1v) is 6.74. The Balaban J connectivity index is 3.39. The Morgan fingerprint density at radius 3 is 2.00 bits per heavy atom. The van der Waals surface area contributed by atoms with Crippen molar-refractivity contribution in [3.63, 3.8) is 0 Å². The topological polar surface area (TPSA) is 26.3 Å². The Kier molecular flexibility index (Phi) is 6.99. The highest BCUT2D eigenvalue weighted by Gasteiger charge is 2.20. The molecule has 0 radical (unpaired) electrons. The Hall–Kier alpha value is -0.370. The minimum atomic E-state index is -0.272. The molecule has 0 spiro atoms. The second-order valence-corrected chi connectivity index (χ2v) is 7.10. The number of ketones is 1. The molecule has 0 saturated carbocycles. The molecule has 0 heterocycles. The van der Waals surface area contributed by atoms with E-state index in [0.717, 1.165) is 6.42 Å². The van der Waals surface area contributed by atoms with Gasteiger partial charge in [0, 0.05) is 12.0 Å². The lowest BCUT2D eigenvalue weighted by atomic mass is 9.89. The zero-order chi connectivity index (χ0) is 13.5. The Labute approximate surface area is 107 Å². The van der Waals surface area contributed by atoms with E-state index in [2.05, 4.69) is 20.8 Å². The fourth-order valence-electron chi connectivity index (χ4n) is 1.42. The van der Waals surface area contributed by atoms with Gasteiger partial charge in [-0.3, -0.25) is 4.79 Å². The van der Waals surface area contributed by atoms with Gasteiger partial charge in [0.05, 0.1) is 0 Å². The Morgan fingerprint density at radius 1 is 0.941 bits per heavy atom. The van der Waals surface area contributed by atoms with Gasteiger partial charge >= 0.3 is 0 Å². The summed E-state index contributed by atoms with van der Waals surface area (Å²) in [7, 11) is 0. The van der Waals surface area contributed by atoms with Crippen LogP contribution in [-0.4, -0.2) is 19.0 Å². The van der Waals surface area contributed by atoms with Gasteiger partial charge in [0.25, 0.3) is 0 Å². The number of rotatable bonds is 7. The zero-order valence-corrected chi connectivity index (χ0v) is 12.6. The van der Waals surface area contributed by atoms with Crippen LogP contribution in [0, 0.1) is 10.8 Å². The summed E-state index contributed by atoms with van der Waals surface area (Å²) >= 11 is 0. The van der Waals surface area contributed by atoms with Gasteiger partial charge in [0.2, 0.25) is 0 Å². The zero-order valence-electron chi connectivity index (χ0n) is 12.6. The third kappa shape index (κ3) is 10.5. The average molecular weight is 242 g/mol. The lowest BCUT2D eigenvalue weighted by Crippen LogP contribution is -2.25. The predicted octanol–water partition coefficient (Wildman–Crippen LogP) is 4.22. The molecule has 0 unspecified atom stereocenters. The van der Waals surface area contributed by atoms with Crippen LogP contribution in [-0.2, 0) is 9.53 Å². The maximum atomic E-state index is 11.6. The molecule has 0 aromatic carbocycles. The van der Waals surface area contributed by atoms with Gasteiger partial charge in [-0.15, -0.1) is 0 Å². The highest BCUT2D eigenvalue weighted by Crippen LogP contribution is 2.22. The minimum absolute atomic E-state index is 0.187. The van der Waals surface area contributed by atoms with Crippen molar-refractivity contribution >= 4 is 5.78 Å². The van der Waals surface area contributed by atoms with Gasteiger partial charge in [0.1, 0.15) is 6.61 Å². The second-order valence-electron chi connectivity index (χ2n) is 7.10. The van der Waals surface area contributed by atoms with Gasteiger partial charge in [-0.2, -0.15) is 0 Å². The first kappa shape index (κ1) is 16.6. The molecule has 0 rings (SSSR count). The molecule has 0 saturated heterocycles. The number of ether oxygens (including phenoxy) is 1. The molecule has 0 atom stereocenters. The van der Waals surface area contributed by atoms with Crippen LogP contribution >= 0.6 is 0 Å². The molecule has 2 nitrogen and oxygen atoms in total. The number of hydrogen-bond donors (Lipinski definition) is 0. The number of hydrogen-bond acceptors (Lipinski definition) is 2. The number of carbonyl (C=O) groups excluding carboxylic acids is 1. The quantitative estimate of drug-likeness (QED) is 0.625. The maximum absolute atomic E-state index is 11.6. The van der Waals surface area contributed by atoms with Gasteiger partial charge in [0.15, 0.2) is 5.78 Å². The van der Waals surface area contributed by atoms with Crippen molar-refractivity contribution in [3.8, 4) is 0 Å². The monoisotopic (exact) mass is 242 g/mol. The minimum Gasteiger partial charge on any atom is -0.374 e. The van der Waals surface area contributed by atoms with Crippen molar-refractivity contribution in [1.29, 1.82) is 0 Å². The summed E-state index contributed by atoms with van der Waals surface area (Å²) in [6.07, 6.45) is 4.77. The van der Waals surface area contributed by atoms with Crippen LogP contribution in [0.4, 0.5) is 0 Å². The summed E-state index contributed by atoms with van der Waals surface area (Å²) < 4.78 is 5.40. The summed E-state index contributed by atoms with van der Waals surface area (Å²) in [5.74, 6) is 0.187. The average Bonchev–Trinajstić information content (AvgIpc) is 2.12. The molecule has 0 amide bonds. The molecule has 0 N–H and O–H groups in total. The van der Waals surface area contributed by atoms with Crippen LogP contribution in [0.3, 0.4) is 0 Å². The smallest absolute Gasteiger partial charge is 0.163 e. The molecule has 0 aromatic heterocycles. The van der Waals surface area contributed by atoms with Crippen LogP contribution in [0.25, 0.3) is 0 Å². The predicted molar refractivity (Wildman–Crippen MR) is 73.2 cm³/mol. The van der Waals surface area contributed by atoms with Crippen molar-refractivity contribution in [1.82, 2.24) is 0 Å². The molecule has 17 heavy (non-hydrogen) atoms. The maximum Gasteiger partial charge on any atom is 0.163 e. The summed E-state index contributed by atoms with van der Waals surface area (Å²) in [6, 6.07) is 0. The van der Waals surface area contributed by atoms with E-state index in [9.17, 15) is 4.79 Å². The van der Waals surface area contributed by atoms with Crippen LogP contribution in [0.1, 0.15) is 67.2 Å². The summed E-state index contributed by atoms with van der Waals surface area (Å²) in [5.41, 5.74) is 0.162. The molecule has 2 heteroatoms. The van der Waals surface area contributed by atoms with E-state index in [1.165, 1.54) is 19.3 Å². The normalized spacial score (nSPS) is 12.8. The second kappa shape index (κ2) is 7.15. The Bertz CT molecular complexity index is 218. The van der Waals surface area contributed by atoms with Crippen molar-refractivity contribution < 1.29 is 9.53 Å². The molecule has 102 valence electrons. The molecule has 0 aliphatic carbocycles. The molecule has 0 bridgehead atoms. The van der Waals surface area contributed by atoms with Gasteiger partial charge < -0.3 is 4.74 Å². The lowest BCUT2D eigenvalue weighted by molar-refractivity contribution is -0.131. The van der Waals surface area contributed by atoms with E-state index in [1.54, 1.807) is 0 Å². The van der Waals surface area contributed by atoms with E-state index in [-0.39, 0.29) is 17.8 Å². The summed E-state index contributed by atoms with van der Waals surface area (Å²) in [5, 5.41) is 0. The highest BCUT2D eigenvalue weighted by atomic mass is 16.5. The third-order valence-electron chi connectivity index (χ3n) is 2.79. The molecule has 0 aliphatic rings. The van der Waals surface area contributed by atoms with Crippen LogP contribution < -0.4 is 0 Å².